The first-order valence-electron chi connectivity index (χ1n) is 11.3. The number of benzene rings is 1. The fraction of sp³-hybridized carbons (Fsp3) is 0.520. The molecule has 4 rings (SSSR count). The summed E-state index contributed by atoms with van der Waals surface area (Å²) < 4.78 is 18.6. The van der Waals surface area contributed by atoms with E-state index >= 15 is 0 Å². The third-order valence-electron chi connectivity index (χ3n) is 6.54. The number of carbonyl (C=O) groups is 1. The van der Waals surface area contributed by atoms with Gasteiger partial charge in [-0.15, -0.1) is 0 Å². The molecular formula is C25H31NO6. The number of aromatic nitrogens is 1. The summed E-state index contributed by atoms with van der Waals surface area (Å²) in [6, 6.07) is 5.49. The lowest BCUT2D eigenvalue weighted by molar-refractivity contribution is -0.0387. The first-order valence-corrected chi connectivity index (χ1v) is 11.3. The van der Waals surface area contributed by atoms with Gasteiger partial charge in [-0.25, -0.2) is 4.79 Å². The molecule has 2 heterocycles. The number of nitrogens with zero attached hydrogens (tertiary/aromatic N) is 1. The van der Waals surface area contributed by atoms with Crippen LogP contribution in [0.1, 0.15) is 61.1 Å². The van der Waals surface area contributed by atoms with Gasteiger partial charge in [-0.3, -0.25) is 4.79 Å². The second-order valence-corrected chi connectivity index (χ2v) is 8.92. The zero-order valence-electron chi connectivity index (χ0n) is 19.1. The molecule has 1 aromatic heterocycles. The highest BCUT2D eigenvalue weighted by molar-refractivity contribution is 5.89. The molecule has 1 atom stereocenters. The zero-order chi connectivity index (χ0) is 23.0. The number of methoxy groups -OCH3 is 1. The predicted molar refractivity (Wildman–Crippen MR) is 120 cm³/mol. The van der Waals surface area contributed by atoms with E-state index in [2.05, 4.69) is 13.8 Å². The molecule has 1 aliphatic carbocycles. The summed E-state index contributed by atoms with van der Waals surface area (Å²) in [4.78, 5) is 25.1. The van der Waals surface area contributed by atoms with Crippen LogP contribution in [-0.4, -0.2) is 41.6 Å². The average Bonchev–Trinajstić information content (AvgIpc) is 2.74. The van der Waals surface area contributed by atoms with E-state index in [0.29, 0.717) is 11.3 Å². The Kier molecular flexibility index (Phi) is 6.40. The number of aliphatic hydroxyl groups excluding tert-OH is 1. The number of rotatable bonds is 7. The van der Waals surface area contributed by atoms with E-state index in [4.69, 9.17) is 14.2 Å². The summed E-state index contributed by atoms with van der Waals surface area (Å²) >= 11 is 0. The number of hydrogen-bond acceptors (Lipinski definition) is 6. The maximum atomic E-state index is 12.8. The van der Waals surface area contributed by atoms with Crippen molar-refractivity contribution in [2.45, 2.75) is 64.9 Å². The molecule has 0 spiro atoms. The lowest BCUT2D eigenvalue weighted by Crippen LogP contribution is -2.39. The molecule has 0 unspecified atom stereocenters. The van der Waals surface area contributed by atoms with Crippen molar-refractivity contribution in [1.29, 1.82) is 0 Å². The Bertz CT molecular complexity index is 1070. The van der Waals surface area contributed by atoms with Crippen LogP contribution in [-0.2, 0) is 22.5 Å². The molecule has 7 heteroatoms. The molecule has 172 valence electrons. The van der Waals surface area contributed by atoms with Crippen molar-refractivity contribution in [2.75, 3.05) is 13.7 Å². The van der Waals surface area contributed by atoms with E-state index in [1.807, 2.05) is 16.7 Å². The predicted octanol–water partition coefficient (Wildman–Crippen LogP) is 3.49. The van der Waals surface area contributed by atoms with Crippen molar-refractivity contribution in [2.24, 2.45) is 5.92 Å². The Balaban J connectivity index is 1.77. The molecule has 0 bridgehead atoms. The van der Waals surface area contributed by atoms with Gasteiger partial charge < -0.3 is 23.9 Å². The van der Waals surface area contributed by atoms with Crippen molar-refractivity contribution in [3.63, 3.8) is 0 Å². The standard InChI is InChI=1S/C25H31NO6/c1-5-31-25(29)20-12-26-21(14(2)3)7-15-8-24(32-18-9-17(10-18)30-4)16(13-27)6-19(15)22(26)11-23(20)28/h6,8,11-12,14,17-18,21,27H,5,7,9-10,13H2,1-4H3/t17?,18?,21-/m0/s1. The largest absolute Gasteiger partial charge is 0.490 e. The van der Waals surface area contributed by atoms with Crippen molar-refractivity contribution >= 4 is 5.97 Å². The van der Waals surface area contributed by atoms with Gasteiger partial charge in [0.25, 0.3) is 0 Å². The van der Waals surface area contributed by atoms with Crippen LogP contribution in [0.25, 0.3) is 11.3 Å². The molecule has 1 aliphatic heterocycles. The molecular weight excluding hydrogens is 410 g/mol. The molecule has 0 saturated heterocycles. The van der Waals surface area contributed by atoms with E-state index in [9.17, 15) is 14.7 Å². The highest BCUT2D eigenvalue weighted by atomic mass is 16.5. The summed E-state index contributed by atoms with van der Waals surface area (Å²) in [7, 11) is 1.71. The van der Waals surface area contributed by atoms with Crippen LogP contribution in [0.5, 0.6) is 5.75 Å². The SMILES string of the molecule is CCOC(=O)c1cn2c(cc1=O)-c1cc(CO)c(OC3CC(OC)C3)cc1C[C@H]2C(C)C. The third kappa shape index (κ3) is 4.07. The monoisotopic (exact) mass is 441 g/mol. The van der Waals surface area contributed by atoms with E-state index < -0.39 is 5.97 Å². The number of esters is 1. The van der Waals surface area contributed by atoms with Gasteiger partial charge in [0.2, 0.25) is 0 Å². The molecule has 2 aromatic rings. The Morgan fingerprint density at radius 1 is 1.22 bits per heavy atom. The minimum absolute atomic E-state index is 0.0460. The smallest absolute Gasteiger partial charge is 0.343 e. The van der Waals surface area contributed by atoms with Crippen LogP contribution in [0.2, 0.25) is 0 Å². The van der Waals surface area contributed by atoms with E-state index in [1.54, 1.807) is 20.2 Å². The summed E-state index contributed by atoms with van der Waals surface area (Å²) in [5.41, 5.74) is 3.06. The van der Waals surface area contributed by atoms with Crippen LogP contribution >= 0.6 is 0 Å². The third-order valence-corrected chi connectivity index (χ3v) is 6.54. The number of hydrogen-bond donors (Lipinski definition) is 1. The zero-order valence-corrected chi connectivity index (χ0v) is 19.1. The number of carbonyl (C=O) groups excluding carboxylic acids is 1. The van der Waals surface area contributed by atoms with Gasteiger partial charge in [0.05, 0.1) is 25.0 Å². The van der Waals surface area contributed by atoms with Gasteiger partial charge in [0.15, 0.2) is 5.43 Å². The van der Waals surface area contributed by atoms with Crippen LogP contribution in [0.4, 0.5) is 0 Å². The summed E-state index contributed by atoms with van der Waals surface area (Å²) in [6.07, 6.45) is 4.34. The lowest BCUT2D eigenvalue weighted by Gasteiger charge is -2.36. The van der Waals surface area contributed by atoms with Gasteiger partial charge in [-0.05, 0) is 37.0 Å². The Morgan fingerprint density at radius 3 is 2.59 bits per heavy atom. The summed E-state index contributed by atoms with van der Waals surface area (Å²) in [5.74, 6) is 0.360. The highest BCUT2D eigenvalue weighted by Gasteiger charge is 2.33. The van der Waals surface area contributed by atoms with Crippen LogP contribution in [0.3, 0.4) is 0 Å². The van der Waals surface area contributed by atoms with E-state index in [-0.39, 0.29) is 48.4 Å². The van der Waals surface area contributed by atoms with Gasteiger partial charge >= 0.3 is 5.97 Å². The quantitative estimate of drug-likeness (QED) is 0.662. The maximum Gasteiger partial charge on any atom is 0.343 e. The molecule has 32 heavy (non-hydrogen) atoms. The van der Waals surface area contributed by atoms with Crippen molar-refractivity contribution < 1.29 is 24.1 Å². The maximum absolute atomic E-state index is 12.8. The van der Waals surface area contributed by atoms with Crippen molar-refractivity contribution in [3.05, 3.63) is 51.3 Å². The normalized spacial score (nSPS) is 21.5. The van der Waals surface area contributed by atoms with Crippen molar-refractivity contribution in [3.8, 4) is 17.0 Å². The van der Waals surface area contributed by atoms with Crippen molar-refractivity contribution in [1.82, 2.24) is 4.57 Å². The van der Waals surface area contributed by atoms with E-state index in [1.165, 1.54) is 6.07 Å². The van der Waals surface area contributed by atoms with Gasteiger partial charge in [-0.2, -0.15) is 0 Å². The van der Waals surface area contributed by atoms with Gasteiger partial charge in [0, 0.05) is 49.4 Å². The fourth-order valence-electron chi connectivity index (χ4n) is 4.58. The first kappa shape index (κ1) is 22.6. The van der Waals surface area contributed by atoms with E-state index in [0.717, 1.165) is 36.1 Å². The number of ether oxygens (including phenoxy) is 3. The molecule has 2 aliphatic rings. The second kappa shape index (κ2) is 9.08. The molecule has 1 N–H and O–H groups in total. The molecule has 1 fully saturated rings. The first-order chi connectivity index (χ1) is 15.4. The number of aliphatic hydroxyl groups is 1. The molecule has 0 radical (unpaired) electrons. The molecule has 1 aromatic carbocycles. The van der Waals surface area contributed by atoms with Crippen LogP contribution < -0.4 is 10.2 Å². The van der Waals surface area contributed by atoms with Gasteiger partial charge in [-0.1, -0.05) is 13.8 Å². The van der Waals surface area contributed by atoms with Gasteiger partial charge in [0.1, 0.15) is 17.4 Å². The minimum atomic E-state index is -0.601. The minimum Gasteiger partial charge on any atom is -0.490 e. The number of fused-ring (bicyclic) bond motifs is 3. The second-order valence-electron chi connectivity index (χ2n) is 8.92. The molecule has 0 amide bonds. The summed E-state index contributed by atoms with van der Waals surface area (Å²) in [5, 5.41) is 10.0. The highest BCUT2D eigenvalue weighted by Crippen LogP contribution is 2.41. The molecule has 7 nitrogen and oxygen atoms in total. The summed E-state index contributed by atoms with van der Waals surface area (Å²) in [6.45, 7) is 6.02. The molecule has 1 saturated carbocycles. The Labute approximate surface area is 187 Å². The Morgan fingerprint density at radius 2 is 1.97 bits per heavy atom. The number of pyridine rings is 1. The van der Waals surface area contributed by atoms with Crippen LogP contribution in [0.15, 0.2) is 29.2 Å². The lowest BCUT2D eigenvalue weighted by atomic mass is 9.86. The van der Waals surface area contributed by atoms with Crippen LogP contribution in [0, 0.1) is 5.92 Å². The average molecular weight is 442 g/mol. The topological polar surface area (TPSA) is 87.0 Å². The fourth-order valence-corrected chi connectivity index (χ4v) is 4.58. The Hall–Kier alpha value is -2.64.